The summed E-state index contributed by atoms with van der Waals surface area (Å²) in [5.74, 6) is -0.658. The van der Waals surface area contributed by atoms with Crippen molar-refractivity contribution < 1.29 is 26.4 Å². The van der Waals surface area contributed by atoms with Crippen molar-refractivity contribution in [1.82, 2.24) is 5.32 Å². The van der Waals surface area contributed by atoms with E-state index in [4.69, 9.17) is 11.6 Å². The molecule has 0 atom stereocenters. The minimum absolute atomic E-state index is 0.174. The molecular formula is C18H18ClF3N2O3S. The summed E-state index contributed by atoms with van der Waals surface area (Å²) in [6.07, 6.45) is -4.09. The average Bonchev–Trinajstić information content (AvgIpc) is 2.64. The predicted molar refractivity (Wildman–Crippen MR) is 101 cm³/mol. The highest BCUT2D eigenvalue weighted by Gasteiger charge is 2.34. The molecule has 0 aliphatic heterocycles. The highest BCUT2D eigenvalue weighted by atomic mass is 35.5. The van der Waals surface area contributed by atoms with E-state index in [0.717, 1.165) is 12.1 Å². The van der Waals surface area contributed by atoms with Crippen molar-refractivity contribution in [3.8, 4) is 0 Å². The van der Waals surface area contributed by atoms with Gasteiger partial charge in [-0.2, -0.15) is 13.2 Å². The maximum atomic E-state index is 13.1. The van der Waals surface area contributed by atoms with Crippen LogP contribution in [0.2, 0.25) is 5.02 Å². The number of carbonyl (C=O) groups is 1. The van der Waals surface area contributed by atoms with Crippen molar-refractivity contribution in [2.75, 3.05) is 17.4 Å². The van der Waals surface area contributed by atoms with Gasteiger partial charge in [0.1, 0.15) is 6.54 Å². The van der Waals surface area contributed by atoms with Gasteiger partial charge in [0.2, 0.25) is 5.91 Å². The lowest BCUT2D eigenvalue weighted by Crippen LogP contribution is -2.41. The summed E-state index contributed by atoms with van der Waals surface area (Å²) in [5.41, 5.74) is -1.50. The molecule has 1 N–H and O–H groups in total. The lowest BCUT2D eigenvalue weighted by atomic mass is 10.2. The van der Waals surface area contributed by atoms with Crippen molar-refractivity contribution in [3.05, 3.63) is 59.1 Å². The minimum atomic E-state index is -4.70. The Morgan fingerprint density at radius 3 is 2.36 bits per heavy atom. The van der Waals surface area contributed by atoms with E-state index >= 15 is 0 Å². The Balaban J connectivity index is 2.58. The fraction of sp³-hybridized carbons (Fsp3) is 0.278. The molecule has 0 fully saturated rings. The molecule has 0 aliphatic rings. The second kappa shape index (κ2) is 8.83. The predicted octanol–water partition coefficient (Wildman–Crippen LogP) is 4.08. The molecule has 0 saturated carbocycles. The Bertz CT molecular complexity index is 935. The van der Waals surface area contributed by atoms with Gasteiger partial charge in [-0.05, 0) is 36.8 Å². The van der Waals surface area contributed by atoms with Gasteiger partial charge in [-0.3, -0.25) is 9.10 Å². The maximum Gasteiger partial charge on any atom is 0.416 e. The van der Waals surface area contributed by atoms with Crippen LogP contribution in [-0.4, -0.2) is 27.4 Å². The molecule has 28 heavy (non-hydrogen) atoms. The van der Waals surface area contributed by atoms with Gasteiger partial charge in [0.05, 0.1) is 21.2 Å². The van der Waals surface area contributed by atoms with E-state index in [0.29, 0.717) is 23.3 Å². The first kappa shape index (κ1) is 22.0. The number of rotatable bonds is 7. The maximum absolute atomic E-state index is 13.1. The lowest BCUT2D eigenvalue weighted by molar-refractivity contribution is -0.137. The number of halogens is 4. The van der Waals surface area contributed by atoms with Crippen LogP contribution in [-0.2, 0) is 21.0 Å². The molecule has 2 aromatic rings. The Morgan fingerprint density at radius 2 is 1.79 bits per heavy atom. The third-order valence-electron chi connectivity index (χ3n) is 3.73. The third-order valence-corrected chi connectivity index (χ3v) is 5.83. The average molecular weight is 435 g/mol. The van der Waals surface area contributed by atoms with Crippen LogP contribution in [0.4, 0.5) is 18.9 Å². The van der Waals surface area contributed by atoms with Crippen molar-refractivity contribution in [2.45, 2.75) is 24.4 Å². The number of benzene rings is 2. The van der Waals surface area contributed by atoms with Gasteiger partial charge in [0.25, 0.3) is 10.0 Å². The summed E-state index contributed by atoms with van der Waals surface area (Å²) in [6.45, 7) is 1.40. The summed E-state index contributed by atoms with van der Waals surface area (Å²) >= 11 is 6.02. The van der Waals surface area contributed by atoms with Crippen LogP contribution in [0.25, 0.3) is 0 Å². The number of nitrogens with one attached hydrogen (secondary N) is 1. The molecule has 2 aromatic carbocycles. The van der Waals surface area contributed by atoms with Crippen LogP contribution in [0.1, 0.15) is 18.9 Å². The van der Waals surface area contributed by atoms with Gasteiger partial charge in [-0.1, -0.05) is 36.7 Å². The normalized spacial score (nSPS) is 11.9. The van der Waals surface area contributed by atoms with Crippen molar-refractivity contribution in [3.63, 3.8) is 0 Å². The number of carbonyl (C=O) groups excluding carboxylic acids is 1. The number of hydrogen-bond donors (Lipinski definition) is 1. The molecule has 0 spiro atoms. The molecule has 5 nitrogen and oxygen atoms in total. The lowest BCUT2D eigenvalue weighted by Gasteiger charge is -2.25. The number of hydrogen-bond acceptors (Lipinski definition) is 3. The molecule has 10 heteroatoms. The van der Waals surface area contributed by atoms with Gasteiger partial charge in [0.15, 0.2) is 0 Å². The number of nitrogens with zero attached hydrogens (tertiary/aromatic N) is 1. The SMILES string of the molecule is CCCNC(=O)CN(c1cc(C(F)(F)F)ccc1Cl)S(=O)(=O)c1ccccc1. The van der Waals surface area contributed by atoms with Crippen LogP contribution in [0.15, 0.2) is 53.4 Å². The Kier molecular flexibility index (Phi) is 6.95. The fourth-order valence-corrected chi connectivity index (χ4v) is 4.07. The van der Waals surface area contributed by atoms with E-state index in [1.807, 2.05) is 6.92 Å². The largest absolute Gasteiger partial charge is 0.416 e. The van der Waals surface area contributed by atoms with E-state index in [1.54, 1.807) is 6.07 Å². The summed E-state index contributed by atoms with van der Waals surface area (Å²) in [6, 6.07) is 9.42. The molecule has 152 valence electrons. The quantitative estimate of drug-likeness (QED) is 0.714. The molecule has 0 bridgehead atoms. The van der Waals surface area contributed by atoms with Crippen LogP contribution in [0.3, 0.4) is 0 Å². The summed E-state index contributed by atoms with van der Waals surface area (Å²) in [7, 11) is -4.34. The standard InChI is InChI=1S/C18H18ClF3N2O3S/c1-2-10-23-17(25)12-24(28(26,27)14-6-4-3-5-7-14)16-11-13(18(20,21)22)8-9-15(16)19/h3-9,11H,2,10,12H2,1H3,(H,23,25). The molecule has 1 amide bonds. The van der Waals surface area contributed by atoms with Gasteiger partial charge < -0.3 is 5.32 Å². The zero-order chi connectivity index (χ0) is 20.9. The van der Waals surface area contributed by atoms with Crippen LogP contribution in [0.5, 0.6) is 0 Å². The Labute approximate surface area is 166 Å². The first-order chi connectivity index (χ1) is 13.1. The number of alkyl halides is 3. The van der Waals surface area contributed by atoms with Crippen molar-refractivity contribution in [2.24, 2.45) is 0 Å². The molecule has 0 radical (unpaired) electrons. The molecule has 0 unspecified atom stereocenters. The number of amides is 1. The third kappa shape index (κ3) is 5.17. The van der Waals surface area contributed by atoms with E-state index in [-0.39, 0.29) is 9.92 Å². The van der Waals surface area contributed by atoms with Gasteiger partial charge in [0, 0.05) is 6.54 Å². The fourth-order valence-electron chi connectivity index (χ4n) is 2.35. The highest BCUT2D eigenvalue weighted by molar-refractivity contribution is 7.92. The second-order valence-corrected chi connectivity index (χ2v) is 8.11. The molecule has 2 rings (SSSR count). The molecule has 0 aliphatic carbocycles. The summed E-state index contributed by atoms with van der Waals surface area (Å²) < 4.78 is 66.1. The molecule has 0 aromatic heterocycles. The molecule has 0 saturated heterocycles. The summed E-state index contributed by atoms with van der Waals surface area (Å²) in [4.78, 5) is 12.0. The van der Waals surface area contributed by atoms with E-state index in [1.165, 1.54) is 24.3 Å². The minimum Gasteiger partial charge on any atom is -0.355 e. The van der Waals surface area contributed by atoms with E-state index in [2.05, 4.69) is 5.32 Å². The Hall–Kier alpha value is -2.26. The second-order valence-electron chi connectivity index (χ2n) is 5.84. The Morgan fingerprint density at radius 1 is 1.14 bits per heavy atom. The van der Waals surface area contributed by atoms with Crippen LogP contribution >= 0.6 is 11.6 Å². The van der Waals surface area contributed by atoms with E-state index in [9.17, 15) is 26.4 Å². The number of anilines is 1. The zero-order valence-electron chi connectivity index (χ0n) is 14.8. The van der Waals surface area contributed by atoms with Gasteiger partial charge >= 0.3 is 6.18 Å². The van der Waals surface area contributed by atoms with E-state index < -0.39 is 39.9 Å². The first-order valence-corrected chi connectivity index (χ1v) is 10.1. The number of sulfonamides is 1. The van der Waals surface area contributed by atoms with Gasteiger partial charge in [-0.15, -0.1) is 0 Å². The highest BCUT2D eigenvalue weighted by Crippen LogP contribution is 2.37. The first-order valence-electron chi connectivity index (χ1n) is 8.28. The van der Waals surface area contributed by atoms with Crippen LogP contribution in [0, 0.1) is 0 Å². The van der Waals surface area contributed by atoms with Crippen molar-refractivity contribution in [1.29, 1.82) is 0 Å². The molecular weight excluding hydrogens is 417 g/mol. The summed E-state index contributed by atoms with van der Waals surface area (Å²) in [5, 5.41) is 2.28. The van der Waals surface area contributed by atoms with Crippen LogP contribution < -0.4 is 9.62 Å². The van der Waals surface area contributed by atoms with Crippen molar-refractivity contribution >= 4 is 33.2 Å². The monoisotopic (exact) mass is 434 g/mol. The molecule has 0 heterocycles. The smallest absolute Gasteiger partial charge is 0.355 e. The topological polar surface area (TPSA) is 66.5 Å². The van der Waals surface area contributed by atoms with Gasteiger partial charge in [-0.25, -0.2) is 8.42 Å². The zero-order valence-corrected chi connectivity index (χ0v) is 16.4.